The number of rotatable bonds is 4. The van der Waals surface area contributed by atoms with Crippen molar-refractivity contribution in [2.75, 3.05) is 6.26 Å². The van der Waals surface area contributed by atoms with Crippen LogP contribution in [-0.4, -0.2) is 24.9 Å². The van der Waals surface area contributed by atoms with Gasteiger partial charge < -0.3 is 0 Å². The van der Waals surface area contributed by atoms with Gasteiger partial charge in [0.25, 0.3) is 5.69 Å². The van der Waals surface area contributed by atoms with E-state index in [1.165, 1.54) is 16.7 Å². The summed E-state index contributed by atoms with van der Waals surface area (Å²) in [6.45, 7) is 1.74. The highest BCUT2D eigenvalue weighted by molar-refractivity contribution is 7.84. The van der Waals surface area contributed by atoms with Crippen LogP contribution in [0.5, 0.6) is 0 Å². The van der Waals surface area contributed by atoms with Crippen LogP contribution >= 0.6 is 0 Å². The number of aromatic nitrogens is 2. The highest BCUT2D eigenvalue weighted by Gasteiger charge is 2.15. The minimum absolute atomic E-state index is 0.0714. The Morgan fingerprint density at radius 1 is 1.12 bits per heavy atom. The molecule has 7 nitrogen and oxygen atoms in total. The smallest absolute Gasteiger partial charge is 0.264 e. The summed E-state index contributed by atoms with van der Waals surface area (Å²) in [5, 5.41) is 10.9. The second kappa shape index (κ2) is 7.01. The first-order valence-electron chi connectivity index (χ1n) is 7.67. The van der Waals surface area contributed by atoms with E-state index in [1.807, 2.05) is 0 Å². The van der Waals surface area contributed by atoms with Gasteiger partial charge in [-0.05, 0) is 25.1 Å². The molecule has 1 aromatic heterocycles. The van der Waals surface area contributed by atoms with Gasteiger partial charge in [-0.3, -0.25) is 18.9 Å². The van der Waals surface area contributed by atoms with Gasteiger partial charge in [0.1, 0.15) is 0 Å². The average Bonchev–Trinajstić information content (AvgIpc) is 2.61. The van der Waals surface area contributed by atoms with Gasteiger partial charge in [-0.1, -0.05) is 24.3 Å². The standard InChI is InChI=1S/C18H15N3O4S/c1-12-10-15(13-6-5-7-14(11-13)21(23)24)19-18(22)20(12)16-8-3-4-9-17(16)26(2)25/h3-11H,1-2H3. The molecule has 0 amide bonds. The molecule has 2 aromatic carbocycles. The lowest BCUT2D eigenvalue weighted by Crippen LogP contribution is -2.24. The van der Waals surface area contributed by atoms with E-state index in [-0.39, 0.29) is 5.69 Å². The van der Waals surface area contributed by atoms with E-state index in [0.29, 0.717) is 27.5 Å². The van der Waals surface area contributed by atoms with Crippen LogP contribution in [0.1, 0.15) is 5.69 Å². The molecular formula is C18H15N3O4S. The van der Waals surface area contributed by atoms with Crippen LogP contribution in [0, 0.1) is 17.0 Å². The van der Waals surface area contributed by atoms with Crippen LogP contribution in [0.15, 0.2) is 64.3 Å². The Kier molecular flexibility index (Phi) is 4.77. The van der Waals surface area contributed by atoms with Crippen LogP contribution < -0.4 is 5.69 Å². The summed E-state index contributed by atoms with van der Waals surface area (Å²) in [7, 11) is -1.27. The van der Waals surface area contributed by atoms with E-state index < -0.39 is 21.4 Å². The number of para-hydroxylation sites is 1. The van der Waals surface area contributed by atoms with Crippen molar-refractivity contribution >= 4 is 16.5 Å². The number of hydrogen-bond donors (Lipinski definition) is 0. The first-order chi connectivity index (χ1) is 12.4. The van der Waals surface area contributed by atoms with Crippen molar-refractivity contribution in [3.05, 3.63) is 80.9 Å². The van der Waals surface area contributed by atoms with Crippen LogP contribution in [-0.2, 0) is 10.8 Å². The van der Waals surface area contributed by atoms with Gasteiger partial charge in [0.2, 0.25) is 0 Å². The molecule has 0 N–H and O–H groups in total. The lowest BCUT2D eigenvalue weighted by atomic mass is 10.1. The number of nitro benzene ring substituents is 1. The minimum atomic E-state index is -1.27. The number of nitro groups is 1. The Hall–Kier alpha value is -3.13. The number of benzene rings is 2. The largest absolute Gasteiger partial charge is 0.352 e. The van der Waals surface area contributed by atoms with Gasteiger partial charge in [0.15, 0.2) is 0 Å². The Morgan fingerprint density at radius 3 is 2.50 bits per heavy atom. The molecule has 26 heavy (non-hydrogen) atoms. The molecule has 0 aliphatic heterocycles. The predicted molar refractivity (Wildman–Crippen MR) is 99.0 cm³/mol. The molecule has 0 bridgehead atoms. The van der Waals surface area contributed by atoms with Gasteiger partial charge in [-0.15, -0.1) is 0 Å². The normalized spacial score (nSPS) is 11.9. The molecular weight excluding hydrogens is 354 g/mol. The van der Waals surface area contributed by atoms with Crippen molar-refractivity contribution in [2.24, 2.45) is 0 Å². The molecule has 0 aliphatic rings. The summed E-state index contributed by atoms with van der Waals surface area (Å²) < 4.78 is 13.3. The van der Waals surface area contributed by atoms with Crippen molar-refractivity contribution in [1.82, 2.24) is 9.55 Å². The highest BCUT2D eigenvalue weighted by atomic mass is 32.2. The molecule has 1 heterocycles. The van der Waals surface area contributed by atoms with E-state index >= 15 is 0 Å². The monoisotopic (exact) mass is 369 g/mol. The van der Waals surface area contributed by atoms with Gasteiger partial charge in [-0.25, -0.2) is 4.79 Å². The summed E-state index contributed by atoms with van der Waals surface area (Å²) >= 11 is 0. The summed E-state index contributed by atoms with van der Waals surface area (Å²) in [4.78, 5) is 27.7. The molecule has 8 heteroatoms. The van der Waals surface area contributed by atoms with Crippen LogP contribution in [0.4, 0.5) is 5.69 Å². The molecule has 0 saturated carbocycles. The fourth-order valence-electron chi connectivity index (χ4n) is 2.70. The molecule has 1 unspecified atom stereocenters. The maximum Gasteiger partial charge on any atom is 0.352 e. The van der Waals surface area contributed by atoms with E-state index in [2.05, 4.69) is 4.98 Å². The van der Waals surface area contributed by atoms with Crippen molar-refractivity contribution in [3.8, 4) is 16.9 Å². The van der Waals surface area contributed by atoms with Gasteiger partial charge in [0.05, 0.1) is 32.0 Å². The number of nitrogens with zero attached hydrogens (tertiary/aromatic N) is 3. The molecule has 0 radical (unpaired) electrons. The SMILES string of the molecule is Cc1cc(-c2cccc([N+](=O)[O-])c2)nc(=O)n1-c1ccccc1S(C)=O. The van der Waals surface area contributed by atoms with E-state index in [4.69, 9.17) is 0 Å². The van der Waals surface area contributed by atoms with Gasteiger partial charge in [-0.2, -0.15) is 4.98 Å². The number of aryl methyl sites for hydroxylation is 1. The zero-order chi connectivity index (χ0) is 18.8. The average molecular weight is 369 g/mol. The van der Waals surface area contributed by atoms with Crippen molar-refractivity contribution in [1.29, 1.82) is 0 Å². The quantitative estimate of drug-likeness (QED) is 0.520. The topological polar surface area (TPSA) is 95.1 Å². The highest BCUT2D eigenvalue weighted by Crippen LogP contribution is 2.23. The maximum atomic E-state index is 12.6. The zero-order valence-corrected chi connectivity index (χ0v) is 14.9. The second-order valence-electron chi connectivity index (χ2n) is 5.63. The third kappa shape index (κ3) is 3.31. The Morgan fingerprint density at radius 2 is 1.85 bits per heavy atom. The minimum Gasteiger partial charge on any atom is -0.264 e. The molecule has 3 aromatic rings. The molecule has 0 aliphatic carbocycles. The Labute approximate surface area is 151 Å². The molecule has 0 saturated heterocycles. The second-order valence-corrected chi connectivity index (χ2v) is 6.98. The predicted octanol–water partition coefficient (Wildman–Crippen LogP) is 2.85. The Balaban J connectivity index is 2.17. The maximum absolute atomic E-state index is 12.6. The van der Waals surface area contributed by atoms with Crippen molar-refractivity contribution in [2.45, 2.75) is 11.8 Å². The van der Waals surface area contributed by atoms with E-state index in [9.17, 15) is 19.1 Å². The molecule has 0 fully saturated rings. The lowest BCUT2D eigenvalue weighted by molar-refractivity contribution is -0.384. The number of hydrogen-bond acceptors (Lipinski definition) is 5. The zero-order valence-electron chi connectivity index (χ0n) is 14.1. The fraction of sp³-hybridized carbons (Fsp3) is 0.111. The fourth-order valence-corrected chi connectivity index (χ4v) is 3.43. The summed E-state index contributed by atoms with van der Waals surface area (Å²) in [5.74, 6) is 0. The summed E-state index contributed by atoms with van der Waals surface area (Å²) in [6, 6.07) is 14.6. The van der Waals surface area contributed by atoms with Crippen molar-refractivity contribution in [3.63, 3.8) is 0 Å². The first kappa shape index (κ1) is 17.7. The van der Waals surface area contributed by atoms with Crippen LogP contribution in [0.25, 0.3) is 16.9 Å². The van der Waals surface area contributed by atoms with E-state index in [1.54, 1.807) is 55.6 Å². The third-order valence-corrected chi connectivity index (χ3v) is 4.84. The molecule has 3 rings (SSSR count). The van der Waals surface area contributed by atoms with Crippen molar-refractivity contribution < 1.29 is 9.13 Å². The molecule has 0 spiro atoms. The van der Waals surface area contributed by atoms with Crippen LogP contribution in [0.2, 0.25) is 0 Å². The van der Waals surface area contributed by atoms with E-state index in [0.717, 1.165) is 0 Å². The summed E-state index contributed by atoms with van der Waals surface area (Å²) in [6.07, 6.45) is 1.55. The van der Waals surface area contributed by atoms with Gasteiger partial charge in [0, 0.05) is 29.6 Å². The third-order valence-electron chi connectivity index (χ3n) is 3.87. The number of non-ortho nitro benzene ring substituents is 1. The first-order valence-corrected chi connectivity index (χ1v) is 9.22. The molecule has 132 valence electrons. The lowest BCUT2D eigenvalue weighted by Gasteiger charge is -2.13. The van der Waals surface area contributed by atoms with Crippen LogP contribution in [0.3, 0.4) is 0 Å². The Bertz CT molecular complexity index is 1090. The summed E-state index contributed by atoms with van der Waals surface area (Å²) in [5.41, 5.74) is 1.32. The molecule has 1 atom stereocenters. The van der Waals surface area contributed by atoms with Gasteiger partial charge >= 0.3 is 5.69 Å².